The Kier molecular flexibility index (Phi) is 3.64. The Bertz CT molecular complexity index is 294. The average molecular weight is 195 g/mol. The van der Waals surface area contributed by atoms with Gasteiger partial charge in [0.15, 0.2) is 0 Å². The quantitative estimate of drug-likeness (QED) is 0.785. The van der Waals surface area contributed by atoms with Crippen LogP contribution >= 0.6 is 0 Å². The molecule has 0 radical (unpaired) electrons. The molecule has 14 heavy (non-hydrogen) atoms. The molecule has 2 N–H and O–H groups in total. The van der Waals surface area contributed by atoms with Crippen LogP contribution < -0.4 is 5.73 Å². The summed E-state index contributed by atoms with van der Waals surface area (Å²) >= 11 is 0. The monoisotopic (exact) mass is 195 g/mol. The third-order valence-corrected chi connectivity index (χ3v) is 2.45. The first kappa shape index (κ1) is 11.2. The molecule has 0 fully saturated rings. The maximum atomic E-state index is 13.8. The molecule has 1 aromatic rings. The normalized spacial score (nSPS) is 15.1. The molecule has 1 atom stereocenters. The van der Waals surface area contributed by atoms with Gasteiger partial charge in [-0.2, -0.15) is 0 Å². The van der Waals surface area contributed by atoms with E-state index in [0.29, 0.717) is 5.56 Å². The predicted molar refractivity (Wildman–Crippen MR) is 58.0 cm³/mol. The highest BCUT2D eigenvalue weighted by Crippen LogP contribution is 2.24. The molecular formula is C12H18FN. The number of rotatable bonds is 4. The zero-order chi connectivity index (χ0) is 10.6. The van der Waals surface area contributed by atoms with Gasteiger partial charge in [0.05, 0.1) is 0 Å². The number of nitrogens with two attached hydrogens (primary N) is 1. The van der Waals surface area contributed by atoms with Crippen molar-refractivity contribution in [2.24, 2.45) is 5.73 Å². The molecule has 0 aliphatic heterocycles. The zero-order valence-electron chi connectivity index (χ0n) is 8.89. The summed E-state index contributed by atoms with van der Waals surface area (Å²) in [6.07, 6.45) is 2.07. The molecule has 0 bridgehead atoms. The second kappa shape index (κ2) is 4.56. The van der Waals surface area contributed by atoms with Crippen LogP contribution in [-0.2, 0) is 12.1 Å². The van der Waals surface area contributed by atoms with Crippen LogP contribution in [0.5, 0.6) is 0 Å². The summed E-state index contributed by atoms with van der Waals surface area (Å²) in [5, 5.41) is 0. The first-order valence-electron chi connectivity index (χ1n) is 5.08. The van der Waals surface area contributed by atoms with Gasteiger partial charge in [-0.25, -0.2) is 4.39 Å². The highest BCUT2D eigenvalue weighted by atomic mass is 19.1. The summed E-state index contributed by atoms with van der Waals surface area (Å²) in [4.78, 5) is 0. The highest BCUT2D eigenvalue weighted by Gasteiger charge is 2.23. The molecule has 0 spiro atoms. The van der Waals surface area contributed by atoms with E-state index in [0.717, 1.165) is 12.8 Å². The highest BCUT2D eigenvalue weighted by molar-refractivity contribution is 5.28. The van der Waals surface area contributed by atoms with Gasteiger partial charge in [-0.15, -0.1) is 0 Å². The second-order valence-electron chi connectivity index (χ2n) is 3.85. The van der Waals surface area contributed by atoms with Gasteiger partial charge in [0.2, 0.25) is 0 Å². The lowest BCUT2D eigenvalue weighted by atomic mass is 9.95. The summed E-state index contributed by atoms with van der Waals surface area (Å²) in [5.74, 6) is 0. The van der Waals surface area contributed by atoms with E-state index in [2.05, 4.69) is 6.92 Å². The lowest BCUT2D eigenvalue weighted by Gasteiger charge is -2.19. The number of aryl methyl sites for hydroxylation is 1. The van der Waals surface area contributed by atoms with E-state index in [1.165, 1.54) is 12.5 Å². The molecule has 78 valence electrons. The van der Waals surface area contributed by atoms with Crippen molar-refractivity contribution in [1.82, 2.24) is 0 Å². The van der Waals surface area contributed by atoms with Gasteiger partial charge in [0, 0.05) is 6.54 Å². The van der Waals surface area contributed by atoms with Gasteiger partial charge >= 0.3 is 0 Å². The van der Waals surface area contributed by atoms with Crippen molar-refractivity contribution in [2.45, 2.75) is 32.4 Å². The molecule has 0 amide bonds. The van der Waals surface area contributed by atoms with Gasteiger partial charge in [-0.3, -0.25) is 0 Å². The molecule has 0 aliphatic carbocycles. The van der Waals surface area contributed by atoms with E-state index in [-0.39, 0.29) is 6.54 Å². The van der Waals surface area contributed by atoms with E-state index in [1.807, 2.05) is 18.2 Å². The summed E-state index contributed by atoms with van der Waals surface area (Å²) < 4.78 is 13.8. The molecule has 1 nitrogen and oxygen atoms in total. The van der Waals surface area contributed by atoms with E-state index < -0.39 is 5.67 Å². The number of hydrogen-bond acceptors (Lipinski definition) is 1. The molecule has 0 saturated heterocycles. The largest absolute Gasteiger partial charge is 0.327 e. The van der Waals surface area contributed by atoms with E-state index in [9.17, 15) is 4.39 Å². The summed E-state index contributed by atoms with van der Waals surface area (Å²) in [6, 6.07) is 7.63. The van der Waals surface area contributed by atoms with Gasteiger partial charge in [-0.1, -0.05) is 37.6 Å². The Hall–Kier alpha value is -0.890. The Morgan fingerprint density at radius 1 is 1.43 bits per heavy atom. The minimum absolute atomic E-state index is 0.0303. The Morgan fingerprint density at radius 2 is 2.14 bits per heavy atom. The lowest BCUT2D eigenvalue weighted by molar-refractivity contribution is 0.203. The van der Waals surface area contributed by atoms with Crippen LogP contribution in [0.2, 0.25) is 0 Å². The van der Waals surface area contributed by atoms with Crippen molar-refractivity contribution >= 4 is 0 Å². The topological polar surface area (TPSA) is 26.0 Å². The van der Waals surface area contributed by atoms with Gasteiger partial charge in [-0.05, 0) is 24.5 Å². The zero-order valence-corrected chi connectivity index (χ0v) is 8.89. The molecule has 1 aromatic carbocycles. The minimum atomic E-state index is -1.40. The van der Waals surface area contributed by atoms with Crippen LogP contribution in [0.3, 0.4) is 0 Å². The molecular weight excluding hydrogens is 177 g/mol. The fraction of sp³-hybridized carbons (Fsp3) is 0.500. The molecule has 2 heteroatoms. The Morgan fingerprint density at radius 3 is 2.71 bits per heavy atom. The smallest absolute Gasteiger partial charge is 0.145 e. The van der Waals surface area contributed by atoms with Crippen molar-refractivity contribution in [3.8, 4) is 0 Å². The summed E-state index contributed by atoms with van der Waals surface area (Å²) in [5.41, 5.74) is 5.86. The van der Waals surface area contributed by atoms with Crippen LogP contribution in [0, 0.1) is 0 Å². The number of hydrogen-bond donors (Lipinski definition) is 1. The third-order valence-electron chi connectivity index (χ3n) is 2.45. The maximum absolute atomic E-state index is 13.8. The van der Waals surface area contributed by atoms with Crippen molar-refractivity contribution < 1.29 is 4.39 Å². The van der Waals surface area contributed by atoms with Crippen molar-refractivity contribution in [1.29, 1.82) is 0 Å². The second-order valence-corrected chi connectivity index (χ2v) is 3.85. The first-order valence-corrected chi connectivity index (χ1v) is 5.08. The number of alkyl halides is 1. The van der Waals surface area contributed by atoms with Crippen LogP contribution in [0.25, 0.3) is 0 Å². The van der Waals surface area contributed by atoms with Crippen molar-refractivity contribution in [3.05, 3.63) is 35.4 Å². The number of halogens is 1. The Balaban J connectivity index is 2.93. The van der Waals surface area contributed by atoms with Crippen LogP contribution in [0.4, 0.5) is 4.39 Å². The maximum Gasteiger partial charge on any atom is 0.145 e. The number of benzene rings is 1. The lowest BCUT2D eigenvalue weighted by Crippen LogP contribution is -2.26. The summed E-state index contributed by atoms with van der Waals surface area (Å²) in [6.45, 7) is 3.67. The third kappa shape index (κ3) is 2.55. The molecule has 0 aromatic heterocycles. The SMILES string of the molecule is CCCc1cccc(C(C)(F)CN)c1. The van der Waals surface area contributed by atoms with Crippen LogP contribution in [0.1, 0.15) is 31.4 Å². The van der Waals surface area contributed by atoms with E-state index >= 15 is 0 Å². The predicted octanol–water partition coefficient (Wildman–Crippen LogP) is 2.78. The van der Waals surface area contributed by atoms with Gasteiger partial charge < -0.3 is 5.73 Å². The van der Waals surface area contributed by atoms with Crippen molar-refractivity contribution in [2.75, 3.05) is 6.54 Å². The fourth-order valence-corrected chi connectivity index (χ4v) is 1.46. The average Bonchev–Trinajstić information content (AvgIpc) is 2.19. The van der Waals surface area contributed by atoms with Crippen molar-refractivity contribution in [3.63, 3.8) is 0 Å². The van der Waals surface area contributed by atoms with Crippen LogP contribution in [0.15, 0.2) is 24.3 Å². The molecule has 0 aliphatic rings. The van der Waals surface area contributed by atoms with Crippen LogP contribution in [-0.4, -0.2) is 6.54 Å². The van der Waals surface area contributed by atoms with E-state index in [1.54, 1.807) is 6.07 Å². The van der Waals surface area contributed by atoms with E-state index in [4.69, 9.17) is 5.73 Å². The molecule has 0 saturated carbocycles. The molecule has 0 heterocycles. The molecule has 1 unspecified atom stereocenters. The van der Waals surface area contributed by atoms with Gasteiger partial charge in [0.25, 0.3) is 0 Å². The standard InChI is InChI=1S/C12H18FN/c1-3-5-10-6-4-7-11(8-10)12(2,13)9-14/h4,6-8H,3,5,9,14H2,1-2H3. The summed E-state index contributed by atoms with van der Waals surface area (Å²) in [7, 11) is 0. The Labute approximate surface area is 85.1 Å². The fourth-order valence-electron chi connectivity index (χ4n) is 1.46. The minimum Gasteiger partial charge on any atom is -0.327 e. The van der Waals surface area contributed by atoms with Gasteiger partial charge in [0.1, 0.15) is 5.67 Å². The first-order chi connectivity index (χ1) is 6.60. The molecule has 1 rings (SSSR count).